The zero-order chi connectivity index (χ0) is 11.7. The molecule has 1 fully saturated rings. The van der Waals surface area contributed by atoms with Gasteiger partial charge in [-0.05, 0) is 37.6 Å². The Morgan fingerprint density at radius 3 is 3.06 bits per heavy atom. The second kappa shape index (κ2) is 4.34. The molecular formula is C14H17N3. The van der Waals surface area contributed by atoms with Crippen molar-refractivity contribution in [2.75, 3.05) is 18.4 Å². The fraction of sp³-hybridized carbons (Fsp3) is 0.357. The van der Waals surface area contributed by atoms with Crippen LogP contribution >= 0.6 is 0 Å². The molecule has 0 bridgehead atoms. The number of aromatic nitrogens is 1. The molecule has 2 N–H and O–H groups in total. The van der Waals surface area contributed by atoms with Crippen LogP contribution in [0, 0.1) is 6.92 Å². The molecule has 3 rings (SSSR count). The molecule has 0 radical (unpaired) electrons. The first-order chi connectivity index (χ1) is 8.33. The standard InChI is InChI=1S/C14H17N3/c1-10-8-14(16-11-6-7-15-9-11)17-13-5-3-2-4-12(10)13/h2-5,8,11,15H,6-7,9H2,1H3,(H,16,17). The lowest BCUT2D eigenvalue weighted by Crippen LogP contribution is -2.22. The van der Waals surface area contributed by atoms with Gasteiger partial charge < -0.3 is 10.6 Å². The highest BCUT2D eigenvalue weighted by molar-refractivity contribution is 5.83. The van der Waals surface area contributed by atoms with Gasteiger partial charge in [0.2, 0.25) is 0 Å². The fourth-order valence-corrected chi connectivity index (χ4v) is 2.41. The number of aryl methyl sites for hydroxylation is 1. The number of para-hydroxylation sites is 1. The Morgan fingerprint density at radius 1 is 1.35 bits per heavy atom. The van der Waals surface area contributed by atoms with Gasteiger partial charge in [0.15, 0.2) is 0 Å². The Morgan fingerprint density at radius 2 is 2.24 bits per heavy atom. The van der Waals surface area contributed by atoms with Gasteiger partial charge in [-0.25, -0.2) is 4.98 Å². The van der Waals surface area contributed by atoms with Crippen molar-refractivity contribution in [2.24, 2.45) is 0 Å². The third-order valence-electron chi connectivity index (χ3n) is 3.34. The molecule has 0 aliphatic carbocycles. The SMILES string of the molecule is Cc1cc(NC2CCNC2)nc2ccccc12. The van der Waals surface area contributed by atoms with Crippen molar-refractivity contribution in [3.05, 3.63) is 35.9 Å². The van der Waals surface area contributed by atoms with Gasteiger partial charge in [-0.2, -0.15) is 0 Å². The van der Waals surface area contributed by atoms with Crippen molar-refractivity contribution in [1.82, 2.24) is 10.3 Å². The molecule has 3 heteroatoms. The Balaban J connectivity index is 1.94. The van der Waals surface area contributed by atoms with E-state index >= 15 is 0 Å². The van der Waals surface area contributed by atoms with Crippen LogP contribution in [0.25, 0.3) is 10.9 Å². The molecule has 1 saturated heterocycles. The van der Waals surface area contributed by atoms with E-state index in [1.807, 2.05) is 6.07 Å². The quantitative estimate of drug-likeness (QED) is 0.826. The van der Waals surface area contributed by atoms with E-state index in [0.29, 0.717) is 6.04 Å². The summed E-state index contributed by atoms with van der Waals surface area (Å²) in [4.78, 5) is 4.66. The predicted octanol–water partition coefficient (Wildman–Crippen LogP) is 2.32. The summed E-state index contributed by atoms with van der Waals surface area (Å²) in [5, 5.41) is 8.09. The van der Waals surface area contributed by atoms with Crippen molar-refractivity contribution in [3.63, 3.8) is 0 Å². The van der Waals surface area contributed by atoms with Crippen molar-refractivity contribution in [1.29, 1.82) is 0 Å². The summed E-state index contributed by atoms with van der Waals surface area (Å²) in [5.41, 5.74) is 2.35. The van der Waals surface area contributed by atoms with Crippen LogP contribution in [-0.4, -0.2) is 24.1 Å². The molecule has 1 aliphatic rings. The maximum Gasteiger partial charge on any atom is 0.127 e. The van der Waals surface area contributed by atoms with E-state index in [0.717, 1.165) is 24.4 Å². The minimum absolute atomic E-state index is 0.517. The summed E-state index contributed by atoms with van der Waals surface area (Å²) in [6.07, 6.45) is 1.17. The highest BCUT2D eigenvalue weighted by Gasteiger charge is 2.14. The highest BCUT2D eigenvalue weighted by atomic mass is 15.1. The Hall–Kier alpha value is -1.61. The number of hydrogen-bond donors (Lipinski definition) is 2. The Bertz CT molecular complexity index is 530. The Kier molecular flexibility index (Phi) is 2.69. The number of hydrogen-bond acceptors (Lipinski definition) is 3. The molecule has 2 aromatic rings. The summed E-state index contributed by atoms with van der Waals surface area (Å²) in [6.45, 7) is 4.28. The molecule has 1 aromatic heterocycles. The summed E-state index contributed by atoms with van der Waals surface area (Å²) in [7, 11) is 0. The molecule has 2 heterocycles. The molecule has 88 valence electrons. The van der Waals surface area contributed by atoms with Gasteiger partial charge in [0, 0.05) is 18.0 Å². The number of pyridine rings is 1. The van der Waals surface area contributed by atoms with Crippen LogP contribution < -0.4 is 10.6 Å². The molecule has 1 unspecified atom stereocenters. The number of fused-ring (bicyclic) bond motifs is 1. The topological polar surface area (TPSA) is 37.0 Å². The van der Waals surface area contributed by atoms with Crippen molar-refractivity contribution >= 4 is 16.7 Å². The lowest BCUT2D eigenvalue weighted by molar-refractivity contribution is 0.789. The summed E-state index contributed by atoms with van der Waals surface area (Å²) in [6, 6.07) is 10.9. The number of nitrogens with zero attached hydrogens (tertiary/aromatic N) is 1. The lowest BCUT2D eigenvalue weighted by Gasteiger charge is -2.13. The lowest BCUT2D eigenvalue weighted by atomic mass is 10.1. The predicted molar refractivity (Wildman–Crippen MR) is 71.4 cm³/mol. The third kappa shape index (κ3) is 2.11. The Labute approximate surface area is 101 Å². The van der Waals surface area contributed by atoms with Gasteiger partial charge in [-0.15, -0.1) is 0 Å². The molecule has 0 saturated carbocycles. The maximum atomic E-state index is 4.66. The minimum atomic E-state index is 0.517. The van der Waals surface area contributed by atoms with Gasteiger partial charge in [-0.1, -0.05) is 18.2 Å². The number of nitrogens with one attached hydrogen (secondary N) is 2. The van der Waals surface area contributed by atoms with E-state index in [2.05, 4.69) is 46.8 Å². The minimum Gasteiger partial charge on any atom is -0.366 e. The molecule has 1 atom stereocenters. The van der Waals surface area contributed by atoms with Gasteiger partial charge in [0.1, 0.15) is 5.82 Å². The molecule has 1 aromatic carbocycles. The monoisotopic (exact) mass is 227 g/mol. The fourth-order valence-electron chi connectivity index (χ4n) is 2.41. The second-order valence-corrected chi connectivity index (χ2v) is 4.68. The van der Waals surface area contributed by atoms with Gasteiger partial charge in [-0.3, -0.25) is 0 Å². The largest absolute Gasteiger partial charge is 0.366 e. The van der Waals surface area contributed by atoms with Crippen molar-refractivity contribution in [3.8, 4) is 0 Å². The van der Waals surface area contributed by atoms with Gasteiger partial charge in [0.25, 0.3) is 0 Å². The van der Waals surface area contributed by atoms with E-state index in [1.54, 1.807) is 0 Å². The van der Waals surface area contributed by atoms with Crippen LogP contribution in [0.3, 0.4) is 0 Å². The zero-order valence-corrected chi connectivity index (χ0v) is 10.0. The number of rotatable bonds is 2. The second-order valence-electron chi connectivity index (χ2n) is 4.68. The van der Waals surface area contributed by atoms with E-state index in [1.165, 1.54) is 17.4 Å². The summed E-state index contributed by atoms with van der Waals surface area (Å²) >= 11 is 0. The molecule has 1 aliphatic heterocycles. The maximum absolute atomic E-state index is 4.66. The summed E-state index contributed by atoms with van der Waals surface area (Å²) < 4.78 is 0. The van der Waals surface area contributed by atoms with Crippen LogP contribution in [0.5, 0.6) is 0 Å². The zero-order valence-electron chi connectivity index (χ0n) is 10.0. The van der Waals surface area contributed by atoms with Crippen LogP contribution in [0.15, 0.2) is 30.3 Å². The van der Waals surface area contributed by atoms with Crippen molar-refractivity contribution in [2.45, 2.75) is 19.4 Å². The molecule has 0 amide bonds. The first-order valence-corrected chi connectivity index (χ1v) is 6.16. The van der Waals surface area contributed by atoms with Crippen molar-refractivity contribution < 1.29 is 0 Å². The molecule has 0 spiro atoms. The van der Waals surface area contributed by atoms with Crippen LogP contribution in [0.4, 0.5) is 5.82 Å². The number of benzene rings is 1. The average molecular weight is 227 g/mol. The van der Waals surface area contributed by atoms with Gasteiger partial charge >= 0.3 is 0 Å². The normalized spacial score (nSPS) is 19.7. The molecule has 3 nitrogen and oxygen atoms in total. The van der Waals surface area contributed by atoms with Crippen LogP contribution in [0.2, 0.25) is 0 Å². The van der Waals surface area contributed by atoms with E-state index in [9.17, 15) is 0 Å². The van der Waals surface area contributed by atoms with Gasteiger partial charge in [0.05, 0.1) is 5.52 Å². The first-order valence-electron chi connectivity index (χ1n) is 6.16. The van der Waals surface area contributed by atoms with Crippen LogP contribution in [-0.2, 0) is 0 Å². The van der Waals surface area contributed by atoms with E-state index < -0.39 is 0 Å². The first kappa shape index (κ1) is 10.5. The summed E-state index contributed by atoms with van der Waals surface area (Å²) in [5.74, 6) is 0.995. The third-order valence-corrected chi connectivity index (χ3v) is 3.34. The van der Waals surface area contributed by atoms with E-state index in [4.69, 9.17) is 0 Å². The molecule has 17 heavy (non-hydrogen) atoms. The average Bonchev–Trinajstić information content (AvgIpc) is 2.82. The highest BCUT2D eigenvalue weighted by Crippen LogP contribution is 2.20. The van der Waals surface area contributed by atoms with Crippen LogP contribution in [0.1, 0.15) is 12.0 Å². The molecular weight excluding hydrogens is 210 g/mol. The number of anilines is 1. The van der Waals surface area contributed by atoms with E-state index in [-0.39, 0.29) is 0 Å². The smallest absolute Gasteiger partial charge is 0.127 e.